The molecule has 0 saturated carbocycles. The summed E-state index contributed by atoms with van der Waals surface area (Å²) in [4.78, 5) is -0.300. The van der Waals surface area contributed by atoms with Crippen LogP contribution in [0.2, 0.25) is 0 Å². The summed E-state index contributed by atoms with van der Waals surface area (Å²) in [6.45, 7) is 0. The summed E-state index contributed by atoms with van der Waals surface area (Å²) in [6, 6.07) is 0. The van der Waals surface area contributed by atoms with Crippen LogP contribution < -0.4 is 0 Å². The maximum atomic E-state index is 6.10. The smallest absolute Gasteiger partial charge is 0.0774 e. The molecule has 0 radical (unpaired) electrons. The van der Waals surface area contributed by atoms with Gasteiger partial charge in [0.2, 0.25) is 0 Å². The number of allylic oxidation sites excluding steroid dienone is 4. The monoisotopic (exact) mass is 240 g/mol. The molecule has 10 heavy (non-hydrogen) atoms. The average Bonchev–Trinajstić information content (AvgIpc) is 1.88. The number of hydrogen-bond donors (Lipinski definition) is 0. The minimum atomic E-state index is -0.300. The zero-order chi connectivity index (χ0) is 7.61. The topological polar surface area (TPSA) is 0 Å². The van der Waals surface area contributed by atoms with Gasteiger partial charge in [-0.3, -0.25) is 0 Å². The van der Waals surface area contributed by atoms with Crippen LogP contribution in [0.5, 0.6) is 0 Å². The van der Waals surface area contributed by atoms with Gasteiger partial charge >= 0.3 is 0 Å². The third kappa shape index (κ3) is 2.01. The van der Waals surface area contributed by atoms with Crippen molar-refractivity contribution in [2.75, 3.05) is 5.33 Å². The second-order valence-corrected chi connectivity index (χ2v) is 4.05. The summed E-state index contributed by atoms with van der Waals surface area (Å²) in [6.07, 6.45) is 6.56. The molecule has 0 saturated heterocycles. The third-order valence-corrected chi connectivity index (χ3v) is 3.31. The van der Waals surface area contributed by atoms with Crippen molar-refractivity contribution in [3.63, 3.8) is 0 Å². The molecular formula is C7H7BrCl2. The molecular weight excluding hydrogens is 235 g/mol. The normalized spacial score (nSPS) is 32.1. The number of rotatable bonds is 1. The van der Waals surface area contributed by atoms with E-state index in [0.717, 1.165) is 16.8 Å². The van der Waals surface area contributed by atoms with Crippen molar-refractivity contribution in [3.8, 4) is 0 Å². The van der Waals surface area contributed by atoms with Gasteiger partial charge in [0.25, 0.3) is 0 Å². The van der Waals surface area contributed by atoms with E-state index in [4.69, 9.17) is 23.2 Å². The van der Waals surface area contributed by atoms with Crippen LogP contribution in [-0.2, 0) is 0 Å². The SMILES string of the molecule is ClC1=CC(Cl)(CBr)CC=C1. The van der Waals surface area contributed by atoms with E-state index in [0.29, 0.717) is 0 Å². The van der Waals surface area contributed by atoms with E-state index in [-0.39, 0.29) is 4.87 Å². The molecule has 0 spiro atoms. The van der Waals surface area contributed by atoms with Crippen molar-refractivity contribution in [1.82, 2.24) is 0 Å². The van der Waals surface area contributed by atoms with Gasteiger partial charge in [0.1, 0.15) is 0 Å². The first-order valence-electron chi connectivity index (χ1n) is 2.96. The van der Waals surface area contributed by atoms with E-state index >= 15 is 0 Å². The van der Waals surface area contributed by atoms with Crippen LogP contribution in [0.15, 0.2) is 23.3 Å². The molecule has 0 amide bonds. The standard InChI is InChI=1S/C7H7BrCl2/c8-5-7(10)3-1-2-6(9)4-7/h1-2,4H,3,5H2. The maximum absolute atomic E-state index is 6.10. The quantitative estimate of drug-likeness (QED) is 0.617. The van der Waals surface area contributed by atoms with Gasteiger partial charge in [-0.2, -0.15) is 0 Å². The van der Waals surface area contributed by atoms with Crippen molar-refractivity contribution in [2.45, 2.75) is 11.3 Å². The highest BCUT2D eigenvalue weighted by Crippen LogP contribution is 2.31. The van der Waals surface area contributed by atoms with Crippen LogP contribution in [0.1, 0.15) is 6.42 Å². The predicted molar refractivity (Wildman–Crippen MR) is 50.1 cm³/mol. The molecule has 1 rings (SSSR count). The molecule has 0 N–H and O–H groups in total. The van der Waals surface area contributed by atoms with Crippen LogP contribution in [0.25, 0.3) is 0 Å². The van der Waals surface area contributed by atoms with Gasteiger partial charge in [0, 0.05) is 10.4 Å². The van der Waals surface area contributed by atoms with E-state index < -0.39 is 0 Å². The van der Waals surface area contributed by atoms with Gasteiger partial charge < -0.3 is 0 Å². The van der Waals surface area contributed by atoms with E-state index in [1.807, 2.05) is 18.2 Å². The molecule has 0 fully saturated rings. The number of halogens is 3. The first-order chi connectivity index (χ1) is 4.66. The fraction of sp³-hybridized carbons (Fsp3) is 0.429. The Labute approximate surface area is 79.0 Å². The second-order valence-electron chi connectivity index (χ2n) is 2.30. The maximum Gasteiger partial charge on any atom is 0.0774 e. The number of hydrogen-bond acceptors (Lipinski definition) is 0. The lowest BCUT2D eigenvalue weighted by Gasteiger charge is -2.21. The van der Waals surface area contributed by atoms with Crippen molar-refractivity contribution in [2.24, 2.45) is 0 Å². The Morgan fingerprint density at radius 3 is 2.80 bits per heavy atom. The largest absolute Gasteiger partial charge is 0.113 e. The second kappa shape index (κ2) is 3.29. The number of alkyl halides is 2. The fourth-order valence-corrected chi connectivity index (χ4v) is 1.77. The highest BCUT2D eigenvalue weighted by atomic mass is 79.9. The lowest BCUT2D eigenvalue weighted by atomic mass is 10.0. The van der Waals surface area contributed by atoms with Crippen LogP contribution in [0.3, 0.4) is 0 Å². The van der Waals surface area contributed by atoms with E-state index in [1.54, 1.807) is 0 Å². The highest BCUT2D eigenvalue weighted by molar-refractivity contribution is 9.09. The average molecular weight is 242 g/mol. The molecule has 3 heteroatoms. The molecule has 0 aromatic rings. The van der Waals surface area contributed by atoms with Crippen LogP contribution in [-0.4, -0.2) is 10.2 Å². The molecule has 1 atom stereocenters. The molecule has 0 aromatic heterocycles. The summed E-state index contributed by atoms with van der Waals surface area (Å²) >= 11 is 15.2. The predicted octanol–water partition coefficient (Wildman–Crippen LogP) is 3.44. The van der Waals surface area contributed by atoms with Gasteiger partial charge in [-0.1, -0.05) is 33.6 Å². The summed E-state index contributed by atoms with van der Waals surface area (Å²) in [7, 11) is 0. The zero-order valence-corrected chi connectivity index (χ0v) is 8.38. The Morgan fingerprint density at radius 2 is 2.40 bits per heavy atom. The van der Waals surface area contributed by atoms with E-state index in [1.165, 1.54) is 0 Å². The molecule has 56 valence electrons. The lowest BCUT2D eigenvalue weighted by Crippen LogP contribution is -2.20. The fourth-order valence-electron chi connectivity index (χ4n) is 0.815. The Balaban J connectivity index is 2.76. The molecule has 0 aliphatic heterocycles. The summed E-state index contributed by atoms with van der Waals surface area (Å²) in [5.41, 5.74) is 0. The van der Waals surface area contributed by atoms with Crippen LogP contribution >= 0.6 is 39.1 Å². The van der Waals surface area contributed by atoms with Crippen LogP contribution in [0.4, 0.5) is 0 Å². The summed E-state index contributed by atoms with van der Waals surface area (Å²) in [5.74, 6) is 0. The molecule has 0 bridgehead atoms. The Morgan fingerprint density at radius 1 is 1.70 bits per heavy atom. The lowest BCUT2D eigenvalue weighted by molar-refractivity contribution is 0.798. The Hall–Kier alpha value is 0.540. The summed E-state index contributed by atoms with van der Waals surface area (Å²) < 4.78 is 0. The van der Waals surface area contributed by atoms with Crippen LogP contribution in [0, 0.1) is 0 Å². The van der Waals surface area contributed by atoms with E-state index in [9.17, 15) is 0 Å². The van der Waals surface area contributed by atoms with Gasteiger partial charge in [-0.05, 0) is 18.6 Å². The zero-order valence-electron chi connectivity index (χ0n) is 5.28. The van der Waals surface area contributed by atoms with Crippen molar-refractivity contribution < 1.29 is 0 Å². The van der Waals surface area contributed by atoms with Crippen molar-refractivity contribution in [3.05, 3.63) is 23.3 Å². The molecule has 1 unspecified atom stereocenters. The first-order valence-corrected chi connectivity index (χ1v) is 4.84. The van der Waals surface area contributed by atoms with Gasteiger partial charge in [0.05, 0.1) is 4.87 Å². The summed E-state index contributed by atoms with van der Waals surface area (Å²) in [5, 5.41) is 1.46. The van der Waals surface area contributed by atoms with E-state index in [2.05, 4.69) is 15.9 Å². The van der Waals surface area contributed by atoms with Crippen molar-refractivity contribution >= 4 is 39.1 Å². The van der Waals surface area contributed by atoms with Gasteiger partial charge in [0.15, 0.2) is 0 Å². The minimum Gasteiger partial charge on any atom is -0.113 e. The molecule has 0 nitrogen and oxygen atoms in total. The minimum absolute atomic E-state index is 0.300. The third-order valence-electron chi connectivity index (χ3n) is 1.35. The molecule has 0 aromatic carbocycles. The van der Waals surface area contributed by atoms with Crippen molar-refractivity contribution in [1.29, 1.82) is 0 Å². The molecule has 0 heterocycles. The highest BCUT2D eigenvalue weighted by Gasteiger charge is 2.23. The molecule has 1 aliphatic rings. The van der Waals surface area contributed by atoms with Gasteiger partial charge in [-0.25, -0.2) is 0 Å². The van der Waals surface area contributed by atoms with Gasteiger partial charge in [-0.15, -0.1) is 11.6 Å². The Kier molecular flexibility index (Phi) is 2.84. The Bertz CT molecular complexity index is 186. The first kappa shape index (κ1) is 8.63. The molecule has 1 aliphatic carbocycles.